The van der Waals surface area contributed by atoms with Crippen LogP contribution in [0.5, 0.6) is 0 Å². The van der Waals surface area contributed by atoms with E-state index in [-0.39, 0.29) is 12.5 Å². The van der Waals surface area contributed by atoms with Crippen LogP contribution in [-0.4, -0.2) is 34.4 Å². The quantitative estimate of drug-likeness (QED) is 0.870. The van der Waals surface area contributed by atoms with E-state index in [4.69, 9.17) is 5.73 Å². The lowest BCUT2D eigenvalue weighted by Gasteiger charge is -2.16. The van der Waals surface area contributed by atoms with E-state index in [1.807, 2.05) is 6.92 Å². The van der Waals surface area contributed by atoms with Crippen molar-refractivity contribution in [1.29, 1.82) is 0 Å². The summed E-state index contributed by atoms with van der Waals surface area (Å²) in [5.41, 5.74) is 9.05. The van der Waals surface area contributed by atoms with Crippen molar-refractivity contribution in [2.45, 2.75) is 13.5 Å². The highest BCUT2D eigenvalue weighted by molar-refractivity contribution is 7.09. The fourth-order valence-electron chi connectivity index (χ4n) is 1.77. The van der Waals surface area contributed by atoms with Gasteiger partial charge in [0, 0.05) is 18.1 Å². The second-order valence-electron chi connectivity index (χ2n) is 4.43. The lowest BCUT2D eigenvalue weighted by Crippen LogP contribution is -2.27. The van der Waals surface area contributed by atoms with E-state index in [2.05, 4.69) is 21.8 Å². The summed E-state index contributed by atoms with van der Waals surface area (Å²) in [6.45, 7) is 2.69. The van der Waals surface area contributed by atoms with Crippen molar-refractivity contribution in [2.24, 2.45) is 5.73 Å². The number of hydrogen-bond acceptors (Lipinski definition) is 5. The molecule has 21 heavy (non-hydrogen) atoms. The van der Waals surface area contributed by atoms with Gasteiger partial charge in [0.15, 0.2) is 0 Å². The van der Waals surface area contributed by atoms with Gasteiger partial charge >= 0.3 is 0 Å². The molecule has 2 aromatic heterocycles. The number of amides is 1. The molecule has 2 aromatic rings. The summed E-state index contributed by atoms with van der Waals surface area (Å²) in [5.74, 6) is 5.47. The van der Waals surface area contributed by atoms with Gasteiger partial charge in [0.05, 0.1) is 29.9 Å². The van der Waals surface area contributed by atoms with E-state index in [0.29, 0.717) is 17.8 Å². The van der Waals surface area contributed by atoms with Gasteiger partial charge in [-0.15, -0.1) is 11.3 Å². The number of hydrogen-bond donors (Lipinski definition) is 1. The number of pyridine rings is 1. The molecule has 6 heteroatoms. The first-order valence-corrected chi connectivity index (χ1v) is 7.29. The molecule has 0 bridgehead atoms. The fourth-order valence-corrected chi connectivity index (χ4v) is 2.60. The van der Waals surface area contributed by atoms with Crippen LogP contribution in [-0.2, 0) is 6.54 Å². The molecule has 108 valence electrons. The second kappa shape index (κ2) is 6.97. The maximum absolute atomic E-state index is 12.5. The predicted molar refractivity (Wildman–Crippen MR) is 82.8 cm³/mol. The lowest BCUT2D eigenvalue weighted by molar-refractivity contribution is 0.0780. The highest BCUT2D eigenvalue weighted by atomic mass is 32.1. The Balaban J connectivity index is 2.21. The molecule has 0 unspecified atom stereocenters. The van der Waals surface area contributed by atoms with Gasteiger partial charge in [0.1, 0.15) is 5.69 Å². The molecule has 0 spiro atoms. The molecular weight excluding hydrogens is 284 g/mol. The Bertz CT molecular complexity index is 699. The molecular formula is C15H16N4OS. The lowest BCUT2D eigenvalue weighted by atomic mass is 10.1. The van der Waals surface area contributed by atoms with Crippen LogP contribution >= 0.6 is 11.3 Å². The number of nitrogens with two attached hydrogens (primary N) is 1. The average molecular weight is 300 g/mol. The molecule has 0 radical (unpaired) electrons. The van der Waals surface area contributed by atoms with Crippen molar-refractivity contribution < 1.29 is 4.79 Å². The van der Waals surface area contributed by atoms with E-state index in [9.17, 15) is 4.79 Å². The van der Waals surface area contributed by atoms with Crippen LogP contribution < -0.4 is 5.73 Å². The minimum absolute atomic E-state index is 0.162. The Morgan fingerprint density at radius 3 is 2.95 bits per heavy atom. The summed E-state index contributed by atoms with van der Waals surface area (Å²) in [6, 6.07) is 3.53. The first-order chi connectivity index (χ1) is 10.1. The third kappa shape index (κ3) is 3.66. The molecule has 2 heterocycles. The summed E-state index contributed by atoms with van der Waals surface area (Å²) in [5, 5.41) is 0. The maximum Gasteiger partial charge on any atom is 0.273 e. The smallest absolute Gasteiger partial charge is 0.273 e. The topological polar surface area (TPSA) is 72.1 Å². The molecule has 0 fully saturated rings. The number of aromatic nitrogens is 2. The summed E-state index contributed by atoms with van der Waals surface area (Å²) in [4.78, 5) is 23.5. The molecule has 0 atom stereocenters. The van der Waals surface area contributed by atoms with Crippen molar-refractivity contribution in [3.8, 4) is 11.8 Å². The number of rotatable bonds is 3. The third-order valence-electron chi connectivity index (χ3n) is 2.91. The van der Waals surface area contributed by atoms with Crippen LogP contribution in [0.4, 0.5) is 0 Å². The van der Waals surface area contributed by atoms with E-state index < -0.39 is 0 Å². The Morgan fingerprint density at radius 1 is 1.48 bits per heavy atom. The summed E-state index contributed by atoms with van der Waals surface area (Å²) in [6.07, 6.45) is 1.59. The van der Waals surface area contributed by atoms with Crippen LogP contribution in [0.25, 0.3) is 0 Å². The Labute approximate surface area is 127 Å². The van der Waals surface area contributed by atoms with Gasteiger partial charge < -0.3 is 10.6 Å². The van der Waals surface area contributed by atoms with E-state index in [1.165, 1.54) is 11.3 Å². The standard InChI is InChI=1S/C15H16N4OS/c1-11-13(21-10-18-11)9-19(2)15(20)14-12(5-3-7-16)6-4-8-17-14/h4,6,8,10H,7,9,16H2,1-2H3. The summed E-state index contributed by atoms with van der Waals surface area (Å²) < 4.78 is 0. The molecule has 2 rings (SSSR count). The monoisotopic (exact) mass is 300 g/mol. The molecule has 2 N–H and O–H groups in total. The first-order valence-electron chi connectivity index (χ1n) is 6.42. The normalized spacial score (nSPS) is 9.86. The van der Waals surface area contributed by atoms with Crippen LogP contribution in [0.1, 0.15) is 26.6 Å². The minimum Gasteiger partial charge on any atom is -0.335 e. The molecule has 0 saturated carbocycles. The van der Waals surface area contributed by atoms with Crippen LogP contribution in [0.2, 0.25) is 0 Å². The van der Waals surface area contributed by atoms with Gasteiger partial charge in [-0.3, -0.25) is 4.79 Å². The summed E-state index contributed by atoms with van der Waals surface area (Å²) in [7, 11) is 1.75. The molecule has 0 aliphatic carbocycles. The third-order valence-corrected chi connectivity index (χ3v) is 3.83. The number of carbonyl (C=O) groups is 1. The Hall–Kier alpha value is -2.23. The van der Waals surface area contributed by atoms with Crippen LogP contribution in [0.3, 0.4) is 0 Å². The molecule has 0 aliphatic heterocycles. The van der Waals surface area contributed by atoms with Gasteiger partial charge in [0.2, 0.25) is 0 Å². The number of thiazole rings is 1. The second-order valence-corrected chi connectivity index (χ2v) is 5.37. The molecule has 0 aliphatic rings. The van der Waals surface area contributed by atoms with E-state index in [0.717, 1.165) is 10.6 Å². The largest absolute Gasteiger partial charge is 0.335 e. The van der Waals surface area contributed by atoms with Gasteiger partial charge in [-0.2, -0.15) is 0 Å². The average Bonchev–Trinajstić information content (AvgIpc) is 2.90. The van der Waals surface area contributed by atoms with Crippen molar-refractivity contribution >= 4 is 17.2 Å². The van der Waals surface area contributed by atoms with Gasteiger partial charge in [-0.25, -0.2) is 9.97 Å². The number of nitrogens with zero attached hydrogens (tertiary/aromatic N) is 3. The molecule has 5 nitrogen and oxygen atoms in total. The van der Waals surface area contributed by atoms with Crippen LogP contribution in [0.15, 0.2) is 23.8 Å². The SMILES string of the molecule is Cc1ncsc1CN(C)C(=O)c1ncccc1C#CCN. The van der Waals surface area contributed by atoms with Crippen molar-refractivity contribution in [3.05, 3.63) is 45.7 Å². The molecule has 1 amide bonds. The zero-order valence-corrected chi connectivity index (χ0v) is 12.8. The zero-order valence-electron chi connectivity index (χ0n) is 12.0. The highest BCUT2D eigenvalue weighted by Crippen LogP contribution is 2.16. The predicted octanol–water partition coefficient (Wildman–Crippen LogP) is 1.43. The minimum atomic E-state index is -0.162. The van der Waals surface area contributed by atoms with Gasteiger partial charge in [-0.1, -0.05) is 11.8 Å². The van der Waals surface area contributed by atoms with Crippen LogP contribution in [0, 0.1) is 18.8 Å². The highest BCUT2D eigenvalue weighted by Gasteiger charge is 2.17. The van der Waals surface area contributed by atoms with E-state index in [1.54, 1.807) is 35.8 Å². The molecule has 0 saturated heterocycles. The Kier molecular flexibility index (Phi) is 5.04. The summed E-state index contributed by atoms with van der Waals surface area (Å²) >= 11 is 1.54. The van der Waals surface area contributed by atoms with Gasteiger partial charge in [-0.05, 0) is 19.1 Å². The van der Waals surface area contributed by atoms with Crippen molar-refractivity contribution in [1.82, 2.24) is 14.9 Å². The van der Waals surface area contributed by atoms with Gasteiger partial charge in [0.25, 0.3) is 5.91 Å². The first kappa shape index (κ1) is 15.2. The number of carbonyl (C=O) groups excluding carboxylic acids is 1. The number of aryl methyl sites for hydroxylation is 1. The fraction of sp³-hybridized carbons (Fsp3) is 0.267. The van der Waals surface area contributed by atoms with E-state index >= 15 is 0 Å². The zero-order chi connectivity index (χ0) is 15.2. The molecule has 0 aromatic carbocycles. The Morgan fingerprint density at radius 2 is 2.29 bits per heavy atom. The maximum atomic E-state index is 12.5. The van der Waals surface area contributed by atoms with Crippen molar-refractivity contribution in [3.63, 3.8) is 0 Å². The van der Waals surface area contributed by atoms with Crippen molar-refractivity contribution in [2.75, 3.05) is 13.6 Å².